The average molecular weight is 252 g/mol. The lowest BCUT2D eigenvalue weighted by molar-refractivity contribution is -1.02. The third kappa shape index (κ3) is 3.15. The molecule has 0 amide bonds. The second kappa shape index (κ2) is 6.07. The van der Waals surface area contributed by atoms with Crippen LogP contribution in [0.15, 0.2) is 18.2 Å². The van der Waals surface area contributed by atoms with E-state index in [2.05, 4.69) is 6.92 Å². The number of likely N-dealkylation sites (N-methyl/N-ethyl adjacent to an activating group) is 1. The van der Waals surface area contributed by atoms with Gasteiger partial charge in [0.1, 0.15) is 44.2 Å². The first-order valence-electron chi connectivity index (χ1n) is 6.76. The van der Waals surface area contributed by atoms with Crippen LogP contribution in [0.4, 0.5) is 0 Å². The van der Waals surface area contributed by atoms with Crippen molar-refractivity contribution in [2.75, 3.05) is 39.8 Å². The van der Waals surface area contributed by atoms with E-state index in [1.54, 1.807) is 23.0 Å². The third-order valence-electron chi connectivity index (χ3n) is 3.90. The molecule has 0 spiro atoms. The highest BCUT2D eigenvalue weighted by Crippen LogP contribution is 2.22. The molecule has 100 valence electrons. The van der Waals surface area contributed by atoms with Gasteiger partial charge < -0.3 is 19.6 Å². The fourth-order valence-electron chi connectivity index (χ4n) is 2.58. The van der Waals surface area contributed by atoms with Crippen LogP contribution in [0.5, 0.6) is 11.5 Å². The largest absolute Gasteiger partial charge is 0.507 e. The Labute approximate surface area is 109 Å². The molecule has 1 saturated heterocycles. The van der Waals surface area contributed by atoms with Crippen molar-refractivity contribution >= 4 is 0 Å². The molecular formula is C14H24N2O2+2. The smallest absolute Gasteiger partial charge is 0.128 e. The zero-order valence-corrected chi connectivity index (χ0v) is 11.3. The normalized spacial score (nSPS) is 23.9. The number of piperazine rings is 1. The van der Waals surface area contributed by atoms with Crippen LogP contribution in [0, 0.1) is 0 Å². The number of phenols is 1. The molecule has 4 nitrogen and oxygen atoms in total. The Bertz CT molecular complexity index is 387. The maximum atomic E-state index is 9.95. The third-order valence-corrected chi connectivity index (χ3v) is 3.90. The Kier molecular flexibility index (Phi) is 4.44. The van der Waals surface area contributed by atoms with E-state index < -0.39 is 0 Å². The predicted octanol–water partition coefficient (Wildman–Crippen LogP) is -1.30. The summed E-state index contributed by atoms with van der Waals surface area (Å²) in [6, 6.07) is 5.59. The second-order valence-corrected chi connectivity index (χ2v) is 5.02. The first-order chi connectivity index (χ1) is 8.72. The molecule has 1 aliphatic rings. The highest BCUT2D eigenvalue weighted by molar-refractivity contribution is 5.39. The van der Waals surface area contributed by atoms with E-state index in [0.717, 1.165) is 12.1 Å². The van der Waals surface area contributed by atoms with E-state index in [1.807, 2.05) is 12.1 Å². The van der Waals surface area contributed by atoms with Gasteiger partial charge in [0.2, 0.25) is 0 Å². The van der Waals surface area contributed by atoms with Crippen LogP contribution >= 0.6 is 0 Å². The maximum Gasteiger partial charge on any atom is 0.128 e. The molecule has 0 aromatic heterocycles. The minimum absolute atomic E-state index is 0.354. The number of benzene rings is 1. The van der Waals surface area contributed by atoms with Crippen molar-refractivity contribution in [3.8, 4) is 11.5 Å². The summed E-state index contributed by atoms with van der Waals surface area (Å²) in [5.41, 5.74) is 1.02. The monoisotopic (exact) mass is 252 g/mol. The van der Waals surface area contributed by atoms with Crippen molar-refractivity contribution < 1.29 is 19.6 Å². The summed E-state index contributed by atoms with van der Waals surface area (Å²) in [5.74, 6) is 1.07. The highest BCUT2D eigenvalue weighted by Gasteiger charge is 2.22. The Morgan fingerprint density at radius 3 is 2.39 bits per heavy atom. The van der Waals surface area contributed by atoms with Crippen molar-refractivity contribution in [3.63, 3.8) is 0 Å². The lowest BCUT2D eigenvalue weighted by atomic mass is 10.1. The molecule has 1 heterocycles. The van der Waals surface area contributed by atoms with Gasteiger partial charge in [0.05, 0.1) is 13.7 Å². The SMILES string of the molecule is CC[NH+]1CC[NH+](Cc2ccc(OC)cc2O)CC1. The van der Waals surface area contributed by atoms with E-state index in [0.29, 0.717) is 11.5 Å². The van der Waals surface area contributed by atoms with Crippen molar-refractivity contribution in [2.45, 2.75) is 13.5 Å². The van der Waals surface area contributed by atoms with Crippen molar-refractivity contribution in [1.29, 1.82) is 0 Å². The number of hydrogen-bond acceptors (Lipinski definition) is 2. The number of phenolic OH excluding ortho intramolecular Hbond substituents is 1. The van der Waals surface area contributed by atoms with Crippen LogP contribution < -0.4 is 14.5 Å². The summed E-state index contributed by atoms with van der Waals surface area (Å²) >= 11 is 0. The van der Waals surface area contributed by atoms with Gasteiger partial charge >= 0.3 is 0 Å². The number of methoxy groups -OCH3 is 1. The minimum Gasteiger partial charge on any atom is -0.507 e. The minimum atomic E-state index is 0.354. The first-order valence-corrected chi connectivity index (χ1v) is 6.76. The van der Waals surface area contributed by atoms with Crippen LogP contribution in [-0.4, -0.2) is 44.9 Å². The number of nitrogens with one attached hydrogen (secondary N) is 2. The molecule has 18 heavy (non-hydrogen) atoms. The van der Waals surface area contributed by atoms with Gasteiger partial charge in [0.25, 0.3) is 0 Å². The Morgan fingerprint density at radius 2 is 1.83 bits per heavy atom. The van der Waals surface area contributed by atoms with Gasteiger partial charge in [-0.05, 0) is 19.1 Å². The van der Waals surface area contributed by atoms with Gasteiger partial charge in [0, 0.05) is 11.6 Å². The molecule has 1 aromatic carbocycles. The van der Waals surface area contributed by atoms with Gasteiger partial charge in [-0.2, -0.15) is 0 Å². The average Bonchev–Trinajstić information content (AvgIpc) is 2.42. The van der Waals surface area contributed by atoms with E-state index >= 15 is 0 Å². The number of hydrogen-bond donors (Lipinski definition) is 3. The summed E-state index contributed by atoms with van der Waals surface area (Å²) in [6.45, 7) is 9.23. The molecule has 1 aromatic rings. The Balaban J connectivity index is 1.94. The lowest BCUT2D eigenvalue weighted by Crippen LogP contribution is -3.27. The topological polar surface area (TPSA) is 38.3 Å². The first kappa shape index (κ1) is 13.2. The molecule has 2 rings (SSSR count). The van der Waals surface area contributed by atoms with Crippen molar-refractivity contribution in [2.24, 2.45) is 0 Å². The molecule has 1 aliphatic heterocycles. The molecule has 0 atom stereocenters. The maximum absolute atomic E-state index is 9.95. The van der Waals surface area contributed by atoms with Crippen LogP contribution in [-0.2, 0) is 6.54 Å². The fourth-order valence-corrected chi connectivity index (χ4v) is 2.58. The zero-order valence-electron chi connectivity index (χ0n) is 11.3. The molecule has 0 saturated carbocycles. The molecule has 0 radical (unpaired) electrons. The van der Waals surface area contributed by atoms with Crippen molar-refractivity contribution in [1.82, 2.24) is 0 Å². The van der Waals surface area contributed by atoms with Gasteiger partial charge in [-0.1, -0.05) is 0 Å². The second-order valence-electron chi connectivity index (χ2n) is 5.02. The van der Waals surface area contributed by atoms with E-state index in [-0.39, 0.29) is 0 Å². The van der Waals surface area contributed by atoms with Crippen molar-refractivity contribution in [3.05, 3.63) is 23.8 Å². The molecule has 1 fully saturated rings. The quantitative estimate of drug-likeness (QED) is 0.623. The Morgan fingerprint density at radius 1 is 1.17 bits per heavy atom. The molecule has 0 unspecified atom stereocenters. The van der Waals surface area contributed by atoms with Gasteiger partial charge in [-0.15, -0.1) is 0 Å². The zero-order chi connectivity index (χ0) is 13.0. The fraction of sp³-hybridized carbons (Fsp3) is 0.571. The van der Waals surface area contributed by atoms with Gasteiger partial charge in [-0.3, -0.25) is 0 Å². The molecular weight excluding hydrogens is 228 g/mol. The molecule has 3 N–H and O–H groups in total. The number of ether oxygens (including phenoxy) is 1. The molecule has 4 heteroatoms. The van der Waals surface area contributed by atoms with Gasteiger partial charge in [-0.25, -0.2) is 0 Å². The van der Waals surface area contributed by atoms with Crippen LogP contribution in [0.25, 0.3) is 0 Å². The lowest BCUT2D eigenvalue weighted by Gasteiger charge is -2.29. The summed E-state index contributed by atoms with van der Waals surface area (Å²) < 4.78 is 5.10. The summed E-state index contributed by atoms with van der Waals surface area (Å²) in [7, 11) is 1.62. The van der Waals surface area contributed by atoms with Crippen LogP contribution in [0.2, 0.25) is 0 Å². The van der Waals surface area contributed by atoms with E-state index in [1.165, 1.54) is 32.7 Å². The highest BCUT2D eigenvalue weighted by atomic mass is 16.5. The summed E-state index contributed by atoms with van der Waals surface area (Å²) in [4.78, 5) is 3.25. The van der Waals surface area contributed by atoms with Gasteiger partial charge in [0.15, 0.2) is 0 Å². The molecule has 0 bridgehead atoms. The van der Waals surface area contributed by atoms with Crippen LogP contribution in [0.3, 0.4) is 0 Å². The van der Waals surface area contributed by atoms with E-state index in [9.17, 15) is 5.11 Å². The van der Waals surface area contributed by atoms with Crippen LogP contribution in [0.1, 0.15) is 12.5 Å². The number of rotatable bonds is 4. The Hall–Kier alpha value is -1.26. The van der Waals surface area contributed by atoms with E-state index in [4.69, 9.17) is 4.74 Å². The predicted molar refractivity (Wildman–Crippen MR) is 70.3 cm³/mol. The molecule has 0 aliphatic carbocycles. The summed E-state index contributed by atoms with van der Waals surface area (Å²) in [6.07, 6.45) is 0. The standard InChI is InChI=1S/C14H22N2O2/c1-3-15-6-8-16(9-7-15)11-12-4-5-13(18-2)10-14(12)17/h4-5,10,17H,3,6-9,11H2,1-2H3/p+2. The number of quaternary nitrogens is 2. The summed E-state index contributed by atoms with van der Waals surface area (Å²) in [5, 5.41) is 9.95. The number of aromatic hydroxyl groups is 1.